The minimum atomic E-state index is -0.937. The first-order valence-electron chi connectivity index (χ1n) is 11.6. The van der Waals surface area contributed by atoms with Crippen LogP contribution in [-0.2, 0) is 26.1 Å². The zero-order valence-corrected chi connectivity index (χ0v) is 21.5. The van der Waals surface area contributed by atoms with E-state index in [0.29, 0.717) is 16.6 Å². The van der Waals surface area contributed by atoms with E-state index >= 15 is 0 Å². The van der Waals surface area contributed by atoms with Gasteiger partial charge in [-0.2, -0.15) is 0 Å². The Balaban J connectivity index is 1.89. The van der Waals surface area contributed by atoms with Crippen molar-refractivity contribution in [1.82, 2.24) is 9.88 Å². The number of esters is 1. The number of hydrogen-bond donors (Lipinski definition) is 1. The van der Waals surface area contributed by atoms with Crippen LogP contribution in [0.5, 0.6) is 0 Å². The number of carbonyl (C=O) groups is 3. The van der Waals surface area contributed by atoms with E-state index in [1.807, 2.05) is 36.4 Å². The number of amides is 1. The van der Waals surface area contributed by atoms with Crippen LogP contribution >= 0.6 is 0 Å². The van der Waals surface area contributed by atoms with E-state index in [2.05, 4.69) is 26.1 Å². The Morgan fingerprint density at radius 3 is 2.14 bits per heavy atom. The molecule has 0 spiro atoms. The summed E-state index contributed by atoms with van der Waals surface area (Å²) in [6.07, 6.45) is 1.28. The minimum Gasteiger partial charge on any atom is -0.467 e. The molecule has 2 aromatic carbocycles. The highest BCUT2D eigenvalue weighted by Crippen LogP contribution is 2.25. The number of fused-ring (bicyclic) bond motifs is 1. The van der Waals surface area contributed by atoms with E-state index in [4.69, 9.17) is 9.47 Å². The molecule has 3 rings (SSSR count). The van der Waals surface area contributed by atoms with Gasteiger partial charge in [0.2, 0.25) is 0 Å². The molecule has 1 N–H and O–H groups in total. The number of ether oxygens (including phenoxy) is 2. The van der Waals surface area contributed by atoms with Gasteiger partial charge in [-0.1, -0.05) is 51.1 Å². The van der Waals surface area contributed by atoms with Crippen molar-refractivity contribution in [2.24, 2.45) is 0 Å². The molecule has 1 aromatic heterocycles. The number of rotatable bonds is 5. The van der Waals surface area contributed by atoms with Crippen LogP contribution in [0.3, 0.4) is 0 Å². The van der Waals surface area contributed by atoms with Crippen molar-refractivity contribution in [3.8, 4) is 0 Å². The second-order valence-corrected chi connectivity index (χ2v) is 10.6. The molecular formula is C28H34N2O5. The Bertz CT molecular complexity index is 1230. The highest BCUT2D eigenvalue weighted by molar-refractivity contribution is 5.97. The molecule has 0 radical (unpaired) electrons. The molecule has 0 aliphatic rings. The van der Waals surface area contributed by atoms with Crippen molar-refractivity contribution in [2.45, 2.75) is 65.0 Å². The lowest BCUT2D eigenvalue weighted by molar-refractivity contribution is -0.142. The lowest BCUT2D eigenvalue weighted by atomic mass is 9.86. The van der Waals surface area contributed by atoms with Gasteiger partial charge in [0.25, 0.3) is 5.91 Å². The molecule has 186 valence electrons. The molecule has 0 fully saturated rings. The summed E-state index contributed by atoms with van der Waals surface area (Å²) in [6, 6.07) is 13.7. The number of methoxy groups -OCH3 is 1. The number of benzene rings is 2. The zero-order chi connectivity index (χ0) is 26.0. The summed E-state index contributed by atoms with van der Waals surface area (Å²) in [5, 5.41) is 3.58. The number of nitrogens with zero attached hydrogens (tertiary/aromatic N) is 1. The van der Waals surface area contributed by atoms with Gasteiger partial charge in [-0.05, 0) is 55.5 Å². The molecule has 1 heterocycles. The number of nitrogens with one attached hydrogen (secondary N) is 1. The lowest BCUT2D eigenvalue weighted by Crippen LogP contribution is -2.43. The number of hydrogen-bond acceptors (Lipinski definition) is 5. The number of aromatic nitrogens is 1. The van der Waals surface area contributed by atoms with Gasteiger partial charge < -0.3 is 14.8 Å². The van der Waals surface area contributed by atoms with E-state index in [1.54, 1.807) is 39.1 Å². The first-order valence-corrected chi connectivity index (χ1v) is 11.6. The maximum atomic E-state index is 13.0. The van der Waals surface area contributed by atoms with Crippen LogP contribution in [0.4, 0.5) is 4.79 Å². The molecule has 0 saturated heterocycles. The van der Waals surface area contributed by atoms with Crippen LogP contribution in [0.2, 0.25) is 0 Å². The van der Waals surface area contributed by atoms with Gasteiger partial charge in [0.05, 0.1) is 12.6 Å². The first-order chi connectivity index (χ1) is 16.3. The molecule has 7 nitrogen and oxygen atoms in total. The Hall–Kier alpha value is -3.61. The third kappa shape index (κ3) is 6.29. The van der Waals surface area contributed by atoms with E-state index in [9.17, 15) is 14.4 Å². The van der Waals surface area contributed by atoms with Crippen molar-refractivity contribution in [1.29, 1.82) is 0 Å². The van der Waals surface area contributed by atoms with Gasteiger partial charge in [0, 0.05) is 23.6 Å². The van der Waals surface area contributed by atoms with E-state index in [-0.39, 0.29) is 17.7 Å². The first kappa shape index (κ1) is 26.0. The lowest BCUT2D eigenvalue weighted by Gasteiger charge is -2.20. The predicted molar refractivity (Wildman–Crippen MR) is 136 cm³/mol. The maximum Gasteiger partial charge on any atom is 0.419 e. The van der Waals surface area contributed by atoms with Crippen LogP contribution < -0.4 is 5.32 Å². The monoisotopic (exact) mass is 478 g/mol. The van der Waals surface area contributed by atoms with Crippen molar-refractivity contribution in [3.05, 3.63) is 71.4 Å². The molecule has 35 heavy (non-hydrogen) atoms. The molecule has 1 amide bonds. The summed E-state index contributed by atoms with van der Waals surface area (Å²) in [7, 11) is 1.28. The molecule has 0 aliphatic carbocycles. The zero-order valence-electron chi connectivity index (χ0n) is 21.5. The second-order valence-electron chi connectivity index (χ2n) is 10.6. The van der Waals surface area contributed by atoms with Crippen LogP contribution in [0.15, 0.2) is 54.7 Å². The van der Waals surface area contributed by atoms with Gasteiger partial charge in [0.1, 0.15) is 11.6 Å². The van der Waals surface area contributed by atoms with Crippen molar-refractivity contribution >= 4 is 28.9 Å². The molecule has 0 bridgehead atoms. The normalized spacial score (nSPS) is 12.8. The molecule has 0 saturated carbocycles. The van der Waals surface area contributed by atoms with Gasteiger partial charge >= 0.3 is 12.1 Å². The average molecular weight is 479 g/mol. The highest BCUT2D eigenvalue weighted by atomic mass is 16.6. The fourth-order valence-corrected chi connectivity index (χ4v) is 3.79. The summed E-state index contributed by atoms with van der Waals surface area (Å²) in [5.41, 5.74) is 2.23. The molecular weight excluding hydrogens is 444 g/mol. The quantitative estimate of drug-likeness (QED) is 0.507. The van der Waals surface area contributed by atoms with Crippen molar-refractivity contribution < 1.29 is 23.9 Å². The van der Waals surface area contributed by atoms with Gasteiger partial charge in [-0.15, -0.1) is 0 Å². The predicted octanol–water partition coefficient (Wildman–Crippen LogP) is 5.24. The van der Waals surface area contributed by atoms with Crippen LogP contribution in [0, 0.1) is 0 Å². The van der Waals surface area contributed by atoms with Gasteiger partial charge in [-0.3, -0.25) is 9.36 Å². The summed E-state index contributed by atoms with van der Waals surface area (Å²) < 4.78 is 11.9. The van der Waals surface area contributed by atoms with E-state index in [0.717, 1.165) is 10.9 Å². The van der Waals surface area contributed by atoms with E-state index in [1.165, 1.54) is 11.7 Å². The molecule has 1 atom stereocenters. The van der Waals surface area contributed by atoms with Crippen LogP contribution in [0.25, 0.3) is 10.9 Å². The smallest absolute Gasteiger partial charge is 0.419 e. The third-order valence-corrected chi connectivity index (χ3v) is 5.61. The number of para-hydroxylation sites is 1. The average Bonchev–Trinajstić information content (AvgIpc) is 3.15. The molecule has 0 unspecified atom stereocenters. The molecule has 0 aliphatic heterocycles. The minimum absolute atomic E-state index is 0.0358. The summed E-state index contributed by atoms with van der Waals surface area (Å²) >= 11 is 0. The maximum absolute atomic E-state index is 13.0. The SMILES string of the molecule is COC(=O)[C@H](Cc1cn(C(=O)OC(C)(C)C)c2ccccc12)NC(=O)c1ccc(C(C)(C)C)cc1. The summed E-state index contributed by atoms with van der Waals surface area (Å²) in [6.45, 7) is 11.7. The molecule has 7 heteroatoms. The van der Waals surface area contributed by atoms with E-state index < -0.39 is 23.7 Å². The third-order valence-electron chi connectivity index (χ3n) is 5.61. The van der Waals surface area contributed by atoms with Gasteiger partial charge in [0.15, 0.2) is 0 Å². The second kappa shape index (κ2) is 9.94. The van der Waals surface area contributed by atoms with Gasteiger partial charge in [-0.25, -0.2) is 9.59 Å². The van der Waals surface area contributed by atoms with Crippen LogP contribution in [-0.4, -0.2) is 41.3 Å². The fourth-order valence-electron chi connectivity index (χ4n) is 3.79. The Morgan fingerprint density at radius 2 is 1.57 bits per heavy atom. The molecule has 3 aromatic rings. The number of carbonyl (C=O) groups excluding carboxylic acids is 3. The highest BCUT2D eigenvalue weighted by Gasteiger charge is 2.26. The Morgan fingerprint density at radius 1 is 0.943 bits per heavy atom. The summed E-state index contributed by atoms with van der Waals surface area (Å²) in [5.74, 6) is -0.949. The van der Waals surface area contributed by atoms with Crippen LogP contribution in [0.1, 0.15) is 63.0 Å². The topological polar surface area (TPSA) is 86.6 Å². The van der Waals surface area contributed by atoms with Crippen molar-refractivity contribution in [2.75, 3.05) is 7.11 Å². The largest absolute Gasteiger partial charge is 0.467 e. The van der Waals surface area contributed by atoms with Crippen molar-refractivity contribution in [3.63, 3.8) is 0 Å². The Kier molecular flexibility index (Phi) is 7.38. The Labute approximate surface area is 206 Å². The standard InChI is InChI=1S/C28H34N2O5/c1-27(2,3)20-14-12-18(13-15-20)24(31)29-22(25(32)34-7)16-19-17-30(26(33)35-28(4,5)6)23-11-9-8-10-21(19)23/h8-15,17,22H,16H2,1-7H3,(H,29,31)/t22-/m0/s1. The summed E-state index contributed by atoms with van der Waals surface area (Å²) in [4.78, 5) is 38.4. The fraction of sp³-hybridized carbons (Fsp3) is 0.393.